The summed E-state index contributed by atoms with van der Waals surface area (Å²) in [7, 11) is 0. The standard InChI is InChI=1S/C19H16FN5O2/c20-14-6-1-2-7-16(14)25-12-9-15(24-25)19(26)23-18-17(8-5-11-22-18)27-13-4-3-10-21/h1-2,5-9,11-12H,3-4,13H2,(H,22,23,26). The van der Waals surface area contributed by atoms with Crippen LogP contribution < -0.4 is 10.1 Å². The van der Waals surface area contributed by atoms with Gasteiger partial charge in [-0.05, 0) is 36.8 Å². The molecule has 0 fully saturated rings. The van der Waals surface area contributed by atoms with Crippen molar-refractivity contribution in [2.45, 2.75) is 12.8 Å². The minimum absolute atomic E-state index is 0.110. The molecule has 3 rings (SSSR count). The normalized spacial score (nSPS) is 10.2. The molecule has 0 unspecified atom stereocenters. The van der Waals surface area contributed by atoms with Crippen molar-refractivity contribution < 1.29 is 13.9 Å². The van der Waals surface area contributed by atoms with Crippen LogP contribution in [0.3, 0.4) is 0 Å². The zero-order valence-corrected chi connectivity index (χ0v) is 14.3. The molecule has 0 saturated heterocycles. The van der Waals surface area contributed by atoms with Gasteiger partial charge in [-0.3, -0.25) is 4.79 Å². The van der Waals surface area contributed by atoms with E-state index in [4.69, 9.17) is 10.00 Å². The zero-order valence-electron chi connectivity index (χ0n) is 14.3. The van der Waals surface area contributed by atoms with E-state index in [1.165, 1.54) is 29.2 Å². The third-order valence-corrected chi connectivity index (χ3v) is 3.61. The second kappa shape index (κ2) is 8.58. The third-order valence-electron chi connectivity index (χ3n) is 3.61. The van der Waals surface area contributed by atoms with E-state index in [2.05, 4.69) is 15.4 Å². The lowest BCUT2D eigenvalue weighted by atomic mass is 10.3. The van der Waals surface area contributed by atoms with Crippen LogP contribution in [0.2, 0.25) is 0 Å². The molecule has 0 aliphatic carbocycles. The van der Waals surface area contributed by atoms with Crippen LogP contribution in [0.5, 0.6) is 5.75 Å². The Kier molecular flexibility index (Phi) is 5.74. The summed E-state index contributed by atoms with van der Waals surface area (Å²) < 4.78 is 20.7. The monoisotopic (exact) mass is 365 g/mol. The number of amides is 1. The first kappa shape index (κ1) is 18.1. The Balaban J connectivity index is 1.71. The first-order valence-electron chi connectivity index (χ1n) is 8.25. The second-order valence-corrected chi connectivity index (χ2v) is 5.51. The van der Waals surface area contributed by atoms with Crippen molar-refractivity contribution in [2.24, 2.45) is 0 Å². The fourth-order valence-electron chi connectivity index (χ4n) is 2.32. The van der Waals surface area contributed by atoms with Gasteiger partial charge in [0.25, 0.3) is 5.91 Å². The first-order valence-corrected chi connectivity index (χ1v) is 8.25. The van der Waals surface area contributed by atoms with Crippen molar-refractivity contribution in [3.63, 3.8) is 0 Å². The SMILES string of the molecule is N#CCCCOc1cccnc1NC(=O)c1ccn(-c2ccccc2F)n1. The molecule has 136 valence electrons. The van der Waals surface area contributed by atoms with Gasteiger partial charge in [-0.15, -0.1) is 0 Å². The highest BCUT2D eigenvalue weighted by molar-refractivity contribution is 6.03. The van der Waals surface area contributed by atoms with Crippen LogP contribution in [-0.2, 0) is 0 Å². The molecule has 2 heterocycles. The predicted molar refractivity (Wildman–Crippen MR) is 96.1 cm³/mol. The number of carbonyl (C=O) groups excluding carboxylic acids is 1. The second-order valence-electron chi connectivity index (χ2n) is 5.51. The van der Waals surface area contributed by atoms with Crippen molar-refractivity contribution >= 4 is 11.7 Å². The Bertz CT molecular complexity index is 980. The molecule has 0 aliphatic rings. The molecule has 1 aromatic carbocycles. The smallest absolute Gasteiger partial charge is 0.277 e. The van der Waals surface area contributed by atoms with Crippen LogP contribution in [0.1, 0.15) is 23.3 Å². The van der Waals surface area contributed by atoms with E-state index < -0.39 is 11.7 Å². The predicted octanol–water partition coefficient (Wildman–Crippen LogP) is 3.34. The van der Waals surface area contributed by atoms with Gasteiger partial charge in [0.1, 0.15) is 11.5 Å². The van der Waals surface area contributed by atoms with Gasteiger partial charge in [0.15, 0.2) is 17.3 Å². The number of benzene rings is 1. The molecule has 0 bridgehead atoms. The van der Waals surface area contributed by atoms with Gasteiger partial charge in [-0.25, -0.2) is 14.1 Å². The van der Waals surface area contributed by atoms with Crippen LogP contribution >= 0.6 is 0 Å². The topological polar surface area (TPSA) is 92.8 Å². The number of hydrogen-bond donors (Lipinski definition) is 1. The summed E-state index contributed by atoms with van der Waals surface area (Å²) >= 11 is 0. The molecule has 2 aromatic heterocycles. The number of carbonyl (C=O) groups is 1. The van der Waals surface area contributed by atoms with Crippen LogP contribution in [0, 0.1) is 17.1 Å². The number of anilines is 1. The lowest BCUT2D eigenvalue weighted by Gasteiger charge is -2.10. The van der Waals surface area contributed by atoms with Gasteiger partial charge in [0.2, 0.25) is 0 Å². The maximum atomic E-state index is 13.9. The number of halogens is 1. The maximum Gasteiger partial charge on any atom is 0.277 e. The molecule has 0 radical (unpaired) electrons. The third kappa shape index (κ3) is 4.46. The van der Waals surface area contributed by atoms with Crippen LogP contribution in [-0.4, -0.2) is 27.3 Å². The van der Waals surface area contributed by atoms with Crippen molar-refractivity contribution in [1.82, 2.24) is 14.8 Å². The summed E-state index contributed by atoms with van der Waals surface area (Å²) in [5, 5.41) is 15.3. The molecule has 0 aliphatic heterocycles. The maximum absolute atomic E-state index is 13.9. The zero-order chi connectivity index (χ0) is 19.1. The van der Waals surface area contributed by atoms with Gasteiger partial charge < -0.3 is 10.1 Å². The van der Waals surface area contributed by atoms with E-state index in [1.807, 2.05) is 6.07 Å². The van der Waals surface area contributed by atoms with E-state index in [0.717, 1.165) is 0 Å². The highest BCUT2D eigenvalue weighted by Crippen LogP contribution is 2.22. The average Bonchev–Trinajstić information content (AvgIpc) is 3.17. The number of nitrogens with one attached hydrogen (secondary N) is 1. The number of ether oxygens (including phenoxy) is 1. The molecule has 8 heteroatoms. The number of rotatable bonds is 7. The highest BCUT2D eigenvalue weighted by Gasteiger charge is 2.15. The quantitative estimate of drug-likeness (QED) is 0.648. The molecule has 0 spiro atoms. The number of nitriles is 1. The largest absolute Gasteiger partial charge is 0.490 e. The highest BCUT2D eigenvalue weighted by atomic mass is 19.1. The number of para-hydroxylation sites is 1. The number of aromatic nitrogens is 3. The Labute approximate surface area is 155 Å². The Morgan fingerprint density at radius 2 is 2.11 bits per heavy atom. The summed E-state index contributed by atoms with van der Waals surface area (Å²) in [6.07, 6.45) is 3.99. The molecular weight excluding hydrogens is 349 g/mol. The van der Waals surface area contributed by atoms with Crippen LogP contribution in [0.4, 0.5) is 10.2 Å². The lowest BCUT2D eigenvalue weighted by Crippen LogP contribution is -2.15. The molecule has 7 nitrogen and oxygen atoms in total. The summed E-state index contributed by atoms with van der Waals surface area (Å²) in [6, 6.07) is 13.0. The minimum atomic E-state index is -0.495. The van der Waals surface area contributed by atoms with Crippen molar-refractivity contribution in [3.05, 3.63) is 66.4 Å². The number of nitrogens with zero attached hydrogens (tertiary/aromatic N) is 4. The summed E-state index contributed by atoms with van der Waals surface area (Å²) in [6.45, 7) is 0.337. The molecular formula is C19H16FN5O2. The summed E-state index contributed by atoms with van der Waals surface area (Å²) in [5.41, 5.74) is 0.357. The lowest BCUT2D eigenvalue weighted by molar-refractivity contribution is 0.102. The fraction of sp³-hybridized carbons (Fsp3) is 0.158. The van der Waals surface area contributed by atoms with E-state index in [0.29, 0.717) is 25.2 Å². The molecule has 0 atom stereocenters. The number of unbranched alkanes of at least 4 members (excludes halogenated alkanes) is 1. The van der Waals surface area contributed by atoms with Crippen molar-refractivity contribution in [1.29, 1.82) is 5.26 Å². The number of pyridine rings is 1. The summed E-state index contributed by atoms with van der Waals surface area (Å²) in [4.78, 5) is 16.6. The van der Waals surface area contributed by atoms with E-state index in [1.54, 1.807) is 30.3 Å². The minimum Gasteiger partial charge on any atom is -0.490 e. The Hall–Kier alpha value is -3.73. The van der Waals surface area contributed by atoms with E-state index in [9.17, 15) is 9.18 Å². The molecule has 3 aromatic rings. The average molecular weight is 365 g/mol. The van der Waals surface area contributed by atoms with Gasteiger partial charge in [-0.1, -0.05) is 12.1 Å². The van der Waals surface area contributed by atoms with Gasteiger partial charge in [-0.2, -0.15) is 10.4 Å². The fourth-order valence-corrected chi connectivity index (χ4v) is 2.32. The van der Waals surface area contributed by atoms with Crippen molar-refractivity contribution in [3.8, 4) is 17.5 Å². The van der Waals surface area contributed by atoms with E-state index >= 15 is 0 Å². The molecule has 1 amide bonds. The van der Waals surface area contributed by atoms with Gasteiger partial charge in [0, 0.05) is 18.8 Å². The molecule has 1 N–H and O–H groups in total. The summed E-state index contributed by atoms with van der Waals surface area (Å²) in [5.74, 6) is -0.284. The first-order chi connectivity index (χ1) is 13.2. The van der Waals surface area contributed by atoms with Crippen molar-refractivity contribution in [2.75, 3.05) is 11.9 Å². The number of hydrogen-bond acceptors (Lipinski definition) is 5. The van der Waals surface area contributed by atoms with Crippen LogP contribution in [0.15, 0.2) is 54.9 Å². The molecule has 27 heavy (non-hydrogen) atoms. The molecule has 0 saturated carbocycles. The van der Waals surface area contributed by atoms with Crippen LogP contribution in [0.25, 0.3) is 5.69 Å². The Morgan fingerprint density at radius 3 is 2.93 bits per heavy atom. The Morgan fingerprint density at radius 1 is 1.26 bits per heavy atom. The van der Waals surface area contributed by atoms with Gasteiger partial charge in [0.05, 0.1) is 12.7 Å². The van der Waals surface area contributed by atoms with E-state index in [-0.39, 0.29) is 17.2 Å². The van der Waals surface area contributed by atoms with Gasteiger partial charge >= 0.3 is 0 Å².